The van der Waals surface area contributed by atoms with Crippen molar-refractivity contribution in [2.75, 3.05) is 26.3 Å². The SMILES string of the molecule is O=C(c1cccc(C2(O)COC2)c1)N1CCC(c2ccc(C(F)(F)F)c(F)c2)CC1. The Labute approximate surface area is 171 Å². The zero-order valence-electron chi connectivity index (χ0n) is 16.1. The Morgan fingerprint density at radius 3 is 2.37 bits per heavy atom. The van der Waals surface area contributed by atoms with E-state index >= 15 is 0 Å². The van der Waals surface area contributed by atoms with E-state index in [4.69, 9.17) is 4.74 Å². The lowest BCUT2D eigenvalue weighted by Crippen LogP contribution is -2.46. The molecule has 0 aliphatic carbocycles. The summed E-state index contributed by atoms with van der Waals surface area (Å²) in [6.45, 7) is 1.23. The van der Waals surface area contributed by atoms with E-state index < -0.39 is 23.2 Å². The second-order valence-electron chi connectivity index (χ2n) is 7.91. The molecule has 0 bridgehead atoms. The van der Waals surface area contributed by atoms with Gasteiger partial charge in [0.1, 0.15) is 11.4 Å². The van der Waals surface area contributed by atoms with Crippen LogP contribution in [0.2, 0.25) is 0 Å². The van der Waals surface area contributed by atoms with Gasteiger partial charge in [-0.25, -0.2) is 4.39 Å². The van der Waals surface area contributed by atoms with Crippen LogP contribution < -0.4 is 0 Å². The first-order valence-electron chi connectivity index (χ1n) is 9.74. The third-order valence-electron chi connectivity index (χ3n) is 5.88. The van der Waals surface area contributed by atoms with Crippen molar-refractivity contribution in [2.24, 2.45) is 0 Å². The Kier molecular flexibility index (Phi) is 5.32. The van der Waals surface area contributed by atoms with E-state index in [0.717, 1.165) is 12.1 Å². The predicted octanol–water partition coefficient (Wildman–Crippen LogP) is 4.08. The molecule has 0 atom stereocenters. The molecule has 0 unspecified atom stereocenters. The third-order valence-corrected chi connectivity index (χ3v) is 5.88. The monoisotopic (exact) mass is 423 g/mol. The Bertz CT molecular complexity index is 948. The summed E-state index contributed by atoms with van der Waals surface area (Å²) in [7, 11) is 0. The molecule has 160 valence electrons. The van der Waals surface area contributed by atoms with Crippen molar-refractivity contribution in [3.8, 4) is 0 Å². The van der Waals surface area contributed by atoms with Crippen molar-refractivity contribution in [1.82, 2.24) is 4.90 Å². The third kappa shape index (κ3) is 3.94. The van der Waals surface area contributed by atoms with Gasteiger partial charge in [0, 0.05) is 18.7 Å². The fourth-order valence-corrected chi connectivity index (χ4v) is 4.02. The van der Waals surface area contributed by atoms with Gasteiger partial charge in [0.15, 0.2) is 0 Å². The topological polar surface area (TPSA) is 49.8 Å². The molecule has 1 amide bonds. The van der Waals surface area contributed by atoms with Crippen LogP contribution in [-0.2, 0) is 16.5 Å². The minimum Gasteiger partial charge on any atom is -0.380 e. The predicted molar refractivity (Wildman–Crippen MR) is 100 cm³/mol. The first kappa shape index (κ1) is 20.8. The lowest BCUT2D eigenvalue weighted by atomic mass is 9.88. The molecule has 2 aromatic rings. The molecule has 8 heteroatoms. The highest BCUT2D eigenvalue weighted by atomic mass is 19.4. The summed E-state index contributed by atoms with van der Waals surface area (Å²) in [6.07, 6.45) is -3.65. The summed E-state index contributed by atoms with van der Waals surface area (Å²) >= 11 is 0. The number of rotatable bonds is 3. The molecular formula is C22H21F4NO3. The number of likely N-dealkylation sites (tertiary alicyclic amines) is 1. The summed E-state index contributed by atoms with van der Waals surface area (Å²) in [5.74, 6) is -1.55. The van der Waals surface area contributed by atoms with Crippen LogP contribution in [0.3, 0.4) is 0 Å². The number of carbonyl (C=O) groups excluding carboxylic acids is 1. The van der Waals surface area contributed by atoms with Crippen LogP contribution in [0.25, 0.3) is 0 Å². The second kappa shape index (κ2) is 7.67. The first-order valence-corrected chi connectivity index (χ1v) is 9.74. The molecule has 2 aliphatic heterocycles. The van der Waals surface area contributed by atoms with Crippen LogP contribution >= 0.6 is 0 Å². The van der Waals surface area contributed by atoms with Crippen LogP contribution in [0.4, 0.5) is 17.6 Å². The number of carbonyl (C=O) groups is 1. The average molecular weight is 423 g/mol. The van der Waals surface area contributed by atoms with Gasteiger partial charge >= 0.3 is 6.18 Å². The molecule has 2 aliphatic rings. The van der Waals surface area contributed by atoms with Gasteiger partial charge in [-0.05, 0) is 54.2 Å². The lowest BCUT2D eigenvalue weighted by Gasteiger charge is -2.37. The minimum absolute atomic E-state index is 0.106. The number of amides is 1. The maximum absolute atomic E-state index is 13.9. The Morgan fingerprint density at radius 2 is 1.80 bits per heavy atom. The lowest BCUT2D eigenvalue weighted by molar-refractivity contribution is -0.184. The molecule has 1 N–H and O–H groups in total. The number of hydrogen-bond acceptors (Lipinski definition) is 3. The van der Waals surface area contributed by atoms with E-state index in [1.54, 1.807) is 29.2 Å². The van der Waals surface area contributed by atoms with E-state index in [2.05, 4.69) is 0 Å². The molecule has 4 rings (SSSR count). The van der Waals surface area contributed by atoms with E-state index in [0.29, 0.717) is 42.6 Å². The molecule has 0 aromatic heterocycles. The number of hydrogen-bond donors (Lipinski definition) is 1. The van der Waals surface area contributed by atoms with Crippen LogP contribution in [0, 0.1) is 5.82 Å². The van der Waals surface area contributed by atoms with Crippen molar-refractivity contribution in [3.05, 3.63) is 70.5 Å². The van der Waals surface area contributed by atoms with E-state index in [-0.39, 0.29) is 25.0 Å². The highest BCUT2D eigenvalue weighted by molar-refractivity contribution is 5.94. The minimum atomic E-state index is -4.72. The van der Waals surface area contributed by atoms with Crippen molar-refractivity contribution in [1.29, 1.82) is 0 Å². The molecule has 4 nitrogen and oxygen atoms in total. The van der Waals surface area contributed by atoms with Gasteiger partial charge in [-0.1, -0.05) is 18.2 Å². The van der Waals surface area contributed by atoms with Crippen molar-refractivity contribution < 1.29 is 32.2 Å². The molecule has 2 fully saturated rings. The van der Waals surface area contributed by atoms with Gasteiger partial charge in [0.25, 0.3) is 5.91 Å². The quantitative estimate of drug-likeness (QED) is 0.757. The number of ether oxygens (including phenoxy) is 1. The second-order valence-corrected chi connectivity index (χ2v) is 7.91. The molecule has 2 aromatic carbocycles. The van der Waals surface area contributed by atoms with E-state index in [9.17, 15) is 27.5 Å². The van der Waals surface area contributed by atoms with Gasteiger partial charge in [-0.15, -0.1) is 0 Å². The molecule has 2 saturated heterocycles. The summed E-state index contributed by atoms with van der Waals surface area (Å²) in [4.78, 5) is 14.5. The van der Waals surface area contributed by atoms with Crippen molar-refractivity contribution >= 4 is 5.91 Å². The van der Waals surface area contributed by atoms with Crippen molar-refractivity contribution in [2.45, 2.75) is 30.5 Å². The summed E-state index contributed by atoms with van der Waals surface area (Å²) in [5.41, 5.74) is -0.712. The van der Waals surface area contributed by atoms with Crippen LogP contribution in [0.1, 0.15) is 45.8 Å². The summed E-state index contributed by atoms with van der Waals surface area (Å²) in [6, 6.07) is 9.88. The van der Waals surface area contributed by atoms with Gasteiger partial charge in [0.2, 0.25) is 0 Å². The van der Waals surface area contributed by atoms with E-state index in [1.807, 2.05) is 0 Å². The van der Waals surface area contributed by atoms with Crippen LogP contribution in [0.15, 0.2) is 42.5 Å². The standard InChI is InChI=1S/C22H21F4NO3/c23-19-11-15(4-5-18(19)22(24,25)26)14-6-8-27(9-7-14)20(28)16-2-1-3-17(10-16)21(29)12-30-13-21/h1-5,10-11,14,29H,6-9,12-13H2. The fourth-order valence-electron chi connectivity index (χ4n) is 4.02. The maximum Gasteiger partial charge on any atom is 0.419 e. The van der Waals surface area contributed by atoms with Crippen LogP contribution in [-0.4, -0.2) is 42.2 Å². The molecular weight excluding hydrogens is 402 g/mol. The highest BCUT2D eigenvalue weighted by Crippen LogP contribution is 2.35. The molecule has 2 heterocycles. The van der Waals surface area contributed by atoms with Crippen molar-refractivity contribution in [3.63, 3.8) is 0 Å². The number of nitrogens with zero attached hydrogens (tertiary/aromatic N) is 1. The summed E-state index contributed by atoms with van der Waals surface area (Å²) in [5, 5.41) is 10.4. The highest BCUT2D eigenvalue weighted by Gasteiger charge is 2.38. The number of piperidine rings is 1. The van der Waals surface area contributed by atoms with E-state index in [1.165, 1.54) is 6.07 Å². The average Bonchev–Trinajstić information content (AvgIpc) is 2.70. The largest absolute Gasteiger partial charge is 0.419 e. The van der Waals surface area contributed by atoms with Gasteiger partial charge in [-0.3, -0.25) is 4.79 Å². The van der Waals surface area contributed by atoms with Gasteiger partial charge in [0.05, 0.1) is 18.8 Å². The molecule has 0 radical (unpaired) electrons. The number of aliphatic hydroxyl groups is 1. The Balaban J connectivity index is 1.42. The zero-order valence-corrected chi connectivity index (χ0v) is 16.1. The molecule has 0 saturated carbocycles. The summed E-state index contributed by atoms with van der Waals surface area (Å²) < 4.78 is 57.2. The normalized spacial score (nSPS) is 19.4. The number of halogens is 4. The number of alkyl halides is 3. The smallest absolute Gasteiger partial charge is 0.380 e. The molecule has 30 heavy (non-hydrogen) atoms. The fraction of sp³-hybridized carbons (Fsp3) is 0.409. The Hall–Kier alpha value is -2.45. The Morgan fingerprint density at radius 1 is 1.10 bits per heavy atom. The van der Waals surface area contributed by atoms with Gasteiger partial charge < -0.3 is 14.7 Å². The van der Waals surface area contributed by atoms with Crippen LogP contribution in [0.5, 0.6) is 0 Å². The first-order chi connectivity index (χ1) is 14.2. The zero-order chi connectivity index (χ0) is 21.5. The number of benzene rings is 2. The van der Waals surface area contributed by atoms with Gasteiger partial charge in [-0.2, -0.15) is 13.2 Å². The maximum atomic E-state index is 13.9. The molecule has 0 spiro atoms.